The van der Waals surface area contributed by atoms with Crippen molar-refractivity contribution in [2.45, 2.75) is 44.9 Å². The van der Waals surface area contributed by atoms with Gasteiger partial charge in [0.25, 0.3) is 0 Å². The molecule has 1 spiro atoms. The largest absolute Gasteiger partial charge is 0.355 e. The molecule has 1 amide bonds. The van der Waals surface area contributed by atoms with E-state index >= 15 is 0 Å². The fraction of sp³-hybridized carbons (Fsp3) is 0.769. The number of aromatic amines is 1. The van der Waals surface area contributed by atoms with Gasteiger partial charge in [0.05, 0.1) is 11.9 Å². The number of H-pyrrole nitrogens is 1. The molecule has 0 aliphatic heterocycles. The van der Waals surface area contributed by atoms with E-state index in [1.54, 1.807) is 6.20 Å². The maximum Gasteiger partial charge on any atom is 0.223 e. The zero-order valence-corrected chi connectivity index (χ0v) is 10.6. The number of nitrogens with zero attached hydrogens (tertiary/aromatic N) is 2. The first-order valence-corrected chi connectivity index (χ1v) is 6.93. The molecular formula is C13H20N4O. The quantitative estimate of drug-likeness (QED) is 0.847. The van der Waals surface area contributed by atoms with Crippen molar-refractivity contribution in [3.63, 3.8) is 0 Å². The number of carbonyl (C=O) groups excluding carboxylic acids is 1. The Morgan fingerprint density at radius 1 is 1.44 bits per heavy atom. The second-order valence-corrected chi connectivity index (χ2v) is 5.68. The summed E-state index contributed by atoms with van der Waals surface area (Å²) >= 11 is 0. The SMILES string of the molecule is O=C(NCCc1cn[nH]n1)[C@H]1CC12CCCCC2. The molecule has 1 aromatic rings. The lowest BCUT2D eigenvalue weighted by Gasteiger charge is -2.22. The number of hydrogen-bond acceptors (Lipinski definition) is 3. The van der Waals surface area contributed by atoms with Crippen LogP contribution in [0.4, 0.5) is 0 Å². The van der Waals surface area contributed by atoms with Crippen molar-refractivity contribution < 1.29 is 4.79 Å². The van der Waals surface area contributed by atoms with Crippen molar-refractivity contribution in [3.8, 4) is 0 Å². The van der Waals surface area contributed by atoms with Gasteiger partial charge in [0.2, 0.25) is 5.91 Å². The van der Waals surface area contributed by atoms with Gasteiger partial charge in [0.15, 0.2) is 0 Å². The van der Waals surface area contributed by atoms with E-state index in [-0.39, 0.29) is 11.8 Å². The summed E-state index contributed by atoms with van der Waals surface area (Å²) in [5.74, 6) is 0.538. The third-order valence-corrected chi connectivity index (χ3v) is 4.50. The highest BCUT2D eigenvalue weighted by molar-refractivity contribution is 5.82. The first kappa shape index (κ1) is 11.7. The summed E-state index contributed by atoms with van der Waals surface area (Å²) in [6, 6.07) is 0. The van der Waals surface area contributed by atoms with Gasteiger partial charge in [0, 0.05) is 18.9 Å². The van der Waals surface area contributed by atoms with Crippen molar-refractivity contribution in [1.82, 2.24) is 20.7 Å². The van der Waals surface area contributed by atoms with Crippen LogP contribution in [0.3, 0.4) is 0 Å². The molecule has 2 N–H and O–H groups in total. The first-order valence-electron chi connectivity index (χ1n) is 6.93. The zero-order chi connectivity index (χ0) is 12.4. The number of aromatic nitrogens is 3. The summed E-state index contributed by atoms with van der Waals surface area (Å²) in [6.07, 6.45) is 10.0. The second-order valence-electron chi connectivity index (χ2n) is 5.68. The van der Waals surface area contributed by atoms with Crippen LogP contribution in [0.25, 0.3) is 0 Å². The molecule has 18 heavy (non-hydrogen) atoms. The molecule has 0 aromatic carbocycles. The summed E-state index contributed by atoms with van der Waals surface area (Å²) in [5.41, 5.74) is 1.29. The standard InChI is InChI=1S/C13H20N4O/c18-12(14-7-4-10-9-15-17-16-10)11-8-13(11)5-2-1-3-6-13/h9,11H,1-8H2,(H,14,18)(H,15,16,17)/t11-/m1/s1. The molecule has 0 radical (unpaired) electrons. The molecule has 2 fully saturated rings. The summed E-state index contributed by atoms with van der Waals surface area (Å²) in [5, 5.41) is 13.3. The maximum absolute atomic E-state index is 12.1. The van der Waals surface area contributed by atoms with Gasteiger partial charge in [-0.2, -0.15) is 15.4 Å². The first-order chi connectivity index (χ1) is 8.80. The third kappa shape index (κ3) is 2.26. The van der Waals surface area contributed by atoms with Crippen molar-refractivity contribution in [2.24, 2.45) is 11.3 Å². The molecule has 0 unspecified atom stereocenters. The predicted octanol–water partition coefficient (Wildman–Crippen LogP) is 1.43. The van der Waals surface area contributed by atoms with Crippen LogP contribution in [-0.2, 0) is 11.2 Å². The Labute approximate surface area is 107 Å². The minimum atomic E-state index is 0.250. The lowest BCUT2D eigenvalue weighted by molar-refractivity contribution is -0.123. The van der Waals surface area contributed by atoms with Gasteiger partial charge in [-0.05, 0) is 24.7 Å². The fourth-order valence-electron chi connectivity index (χ4n) is 3.31. The van der Waals surface area contributed by atoms with Gasteiger partial charge in [-0.15, -0.1) is 0 Å². The van der Waals surface area contributed by atoms with Gasteiger partial charge in [-0.3, -0.25) is 4.79 Å². The van der Waals surface area contributed by atoms with Crippen LogP contribution in [0.15, 0.2) is 6.20 Å². The molecule has 3 rings (SSSR count). The average molecular weight is 248 g/mol. The Balaban J connectivity index is 1.43. The van der Waals surface area contributed by atoms with Gasteiger partial charge in [-0.1, -0.05) is 19.3 Å². The van der Waals surface area contributed by atoms with Gasteiger partial charge < -0.3 is 5.32 Å². The van der Waals surface area contributed by atoms with Crippen LogP contribution in [0, 0.1) is 11.3 Å². The minimum absolute atomic E-state index is 0.250. The number of nitrogens with one attached hydrogen (secondary N) is 2. The highest BCUT2D eigenvalue weighted by Crippen LogP contribution is 2.61. The van der Waals surface area contributed by atoms with E-state index in [1.807, 2.05) is 0 Å². The van der Waals surface area contributed by atoms with E-state index in [4.69, 9.17) is 0 Å². The zero-order valence-electron chi connectivity index (χ0n) is 10.6. The van der Waals surface area contributed by atoms with Crippen molar-refractivity contribution in [3.05, 3.63) is 11.9 Å². The van der Waals surface area contributed by atoms with Crippen molar-refractivity contribution in [1.29, 1.82) is 0 Å². The van der Waals surface area contributed by atoms with Crippen LogP contribution in [0.5, 0.6) is 0 Å². The van der Waals surface area contributed by atoms with Crippen LogP contribution < -0.4 is 5.32 Å². The summed E-state index contributed by atoms with van der Waals surface area (Å²) in [7, 11) is 0. The Morgan fingerprint density at radius 3 is 3.00 bits per heavy atom. The smallest absolute Gasteiger partial charge is 0.223 e. The lowest BCUT2D eigenvalue weighted by Crippen LogP contribution is -2.29. The van der Waals surface area contributed by atoms with E-state index < -0.39 is 0 Å². The maximum atomic E-state index is 12.1. The van der Waals surface area contributed by atoms with E-state index in [0.29, 0.717) is 12.0 Å². The van der Waals surface area contributed by atoms with Crippen LogP contribution in [0.2, 0.25) is 0 Å². The number of rotatable bonds is 4. The number of carbonyl (C=O) groups is 1. The molecule has 0 saturated heterocycles. The van der Waals surface area contributed by atoms with Gasteiger partial charge in [-0.25, -0.2) is 0 Å². The third-order valence-electron chi connectivity index (χ3n) is 4.50. The van der Waals surface area contributed by atoms with E-state index in [2.05, 4.69) is 20.7 Å². The van der Waals surface area contributed by atoms with Gasteiger partial charge >= 0.3 is 0 Å². The summed E-state index contributed by atoms with van der Waals surface area (Å²) in [4.78, 5) is 12.1. The molecule has 2 aliphatic rings. The summed E-state index contributed by atoms with van der Waals surface area (Å²) < 4.78 is 0. The second kappa shape index (κ2) is 4.71. The number of amides is 1. The Hall–Kier alpha value is -1.39. The molecule has 2 aliphatic carbocycles. The summed E-state index contributed by atoms with van der Waals surface area (Å²) in [6.45, 7) is 0.665. The van der Waals surface area contributed by atoms with Crippen LogP contribution in [-0.4, -0.2) is 27.9 Å². The highest BCUT2D eigenvalue weighted by Gasteiger charge is 2.57. The van der Waals surface area contributed by atoms with Crippen LogP contribution >= 0.6 is 0 Å². The molecule has 1 atom stereocenters. The normalized spacial score (nSPS) is 25.0. The fourth-order valence-corrected chi connectivity index (χ4v) is 3.31. The highest BCUT2D eigenvalue weighted by atomic mass is 16.2. The lowest BCUT2D eigenvalue weighted by atomic mass is 9.84. The number of hydrogen-bond donors (Lipinski definition) is 2. The van der Waals surface area contributed by atoms with E-state index in [9.17, 15) is 4.79 Å². The molecule has 0 bridgehead atoms. The topological polar surface area (TPSA) is 70.7 Å². The van der Waals surface area contributed by atoms with Crippen LogP contribution in [0.1, 0.15) is 44.2 Å². The Kier molecular flexibility index (Phi) is 3.06. The Morgan fingerprint density at radius 2 is 2.28 bits per heavy atom. The molecule has 5 nitrogen and oxygen atoms in total. The van der Waals surface area contributed by atoms with Crippen molar-refractivity contribution >= 4 is 5.91 Å². The van der Waals surface area contributed by atoms with Crippen molar-refractivity contribution in [2.75, 3.05) is 6.54 Å². The molecule has 98 valence electrons. The van der Waals surface area contributed by atoms with E-state index in [1.165, 1.54) is 32.1 Å². The predicted molar refractivity (Wildman–Crippen MR) is 66.7 cm³/mol. The van der Waals surface area contributed by atoms with Gasteiger partial charge in [0.1, 0.15) is 0 Å². The monoisotopic (exact) mass is 248 g/mol. The molecule has 2 saturated carbocycles. The average Bonchev–Trinajstić information content (AvgIpc) is 2.85. The minimum Gasteiger partial charge on any atom is -0.355 e. The molecule has 1 heterocycles. The molecular weight excluding hydrogens is 228 g/mol. The van der Waals surface area contributed by atoms with E-state index in [0.717, 1.165) is 18.5 Å². The Bertz CT molecular complexity index is 409. The molecule has 5 heteroatoms. The molecule has 1 aromatic heterocycles.